The molecule has 0 radical (unpaired) electrons. The highest BCUT2D eigenvalue weighted by atomic mass is 16.5. The van der Waals surface area contributed by atoms with Crippen LogP contribution in [-0.2, 0) is 0 Å². The molecule has 2 atom stereocenters. The van der Waals surface area contributed by atoms with E-state index < -0.39 is 12.2 Å². The number of aliphatic hydroxyl groups excluding tert-OH is 2. The Balaban J connectivity index is 1.60. The maximum atomic E-state index is 9.97. The lowest BCUT2D eigenvalue weighted by atomic mass is 10.2. The van der Waals surface area contributed by atoms with Gasteiger partial charge in [-0.05, 0) is 61.4 Å². The Hall–Kier alpha value is -2.70. The van der Waals surface area contributed by atoms with Crippen molar-refractivity contribution in [1.82, 2.24) is 0 Å². The predicted molar refractivity (Wildman–Crippen MR) is 107 cm³/mol. The summed E-state index contributed by atoms with van der Waals surface area (Å²) < 4.78 is 21.2. The Morgan fingerprint density at radius 1 is 0.643 bits per heavy atom. The lowest BCUT2D eigenvalue weighted by Crippen LogP contribution is -2.17. The van der Waals surface area contributed by atoms with Gasteiger partial charge in [0.2, 0.25) is 0 Å². The van der Waals surface area contributed by atoms with Gasteiger partial charge in [-0.3, -0.25) is 0 Å². The Morgan fingerprint density at radius 3 is 1.29 bits per heavy atom. The zero-order valence-electron chi connectivity index (χ0n) is 16.3. The van der Waals surface area contributed by atoms with E-state index in [1.807, 2.05) is 12.2 Å². The average Bonchev–Trinajstić information content (AvgIpc) is 2.74. The van der Waals surface area contributed by atoms with Crippen LogP contribution in [0.25, 0.3) is 0 Å². The van der Waals surface area contributed by atoms with E-state index in [0.29, 0.717) is 24.3 Å². The minimum absolute atomic E-state index is 0.194. The molecule has 6 nitrogen and oxygen atoms in total. The number of aliphatic hydroxyl groups is 2. The number of rotatable bonds is 12. The summed E-state index contributed by atoms with van der Waals surface area (Å²) in [6.45, 7) is 0.388. The molecule has 0 aliphatic rings. The Labute approximate surface area is 165 Å². The molecular formula is C22H28O6. The first kappa shape index (κ1) is 21.6. The molecule has 152 valence electrons. The van der Waals surface area contributed by atoms with E-state index in [0.717, 1.165) is 11.5 Å². The van der Waals surface area contributed by atoms with E-state index in [2.05, 4.69) is 0 Å². The molecule has 0 bridgehead atoms. The van der Waals surface area contributed by atoms with Crippen molar-refractivity contribution in [3.05, 3.63) is 60.7 Å². The number of methoxy groups -OCH3 is 2. The van der Waals surface area contributed by atoms with Crippen molar-refractivity contribution in [2.24, 2.45) is 0 Å². The summed E-state index contributed by atoms with van der Waals surface area (Å²) in [4.78, 5) is 0. The molecule has 2 aromatic carbocycles. The van der Waals surface area contributed by atoms with Gasteiger partial charge in [0.25, 0.3) is 0 Å². The van der Waals surface area contributed by atoms with Gasteiger partial charge in [-0.25, -0.2) is 0 Å². The smallest absolute Gasteiger partial charge is 0.119 e. The van der Waals surface area contributed by atoms with Gasteiger partial charge in [0.15, 0.2) is 0 Å². The van der Waals surface area contributed by atoms with Crippen molar-refractivity contribution < 1.29 is 29.2 Å². The van der Waals surface area contributed by atoms with E-state index in [-0.39, 0.29) is 13.2 Å². The molecule has 0 saturated heterocycles. The van der Waals surface area contributed by atoms with E-state index in [9.17, 15) is 10.2 Å². The van der Waals surface area contributed by atoms with Crippen molar-refractivity contribution in [1.29, 1.82) is 0 Å². The SMILES string of the molecule is COc1ccc(OC[C@H](O)C/C=C/C[C@@H](O)COc2ccc(OC)cc2)cc1. The van der Waals surface area contributed by atoms with Crippen molar-refractivity contribution in [2.75, 3.05) is 27.4 Å². The van der Waals surface area contributed by atoms with E-state index in [1.165, 1.54) is 0 Å². The van der Waals surface area contributed by atoms with Gasteiger partial charge < -0.3 is 29.2 Å². The van der Waals surface area contributed by atoms with Crippen molar-refractivity contribution in [3.8, 4) is 23.0 Å². The van der Waals surface area contributed by atoms with Crippen LogP contribution in [0.3, 0.4) is 0 Å². The quantitative estimate of drug-likeness (QED) is 0.544. The monoisotopic (exact) mass is 388 g/mol. The molecule has 6 heteroatoms. The van der Waals surface area contributed by atoms with Crippen LogP contribution in [0.15, 0.2) is 60.7 Å². The van der Waals surface area contributed by atoms with Crippen LogP contribution >= 0.6 is 0 Å². The largest absolute Gasteiger partial charge is 0.497 e. The van der Waals surface area contributed by atoms with Gasteiger partial charge in [0, 0.05) is 0 Å². The van der Waals surface area contributed by atoms with Crippen molar-refractivity contribution >= 4 is 0 Å². The molecule has 0 aliphatic carbocycles. The standard InChI is InChI=1S/C22H28O6/c1-25-19-7-11-21(12-8-19)27-15-17(23)5-3-4-6-18(24)16-28-22-13-9-20(26-2)10-14-22/h3-4,7-14,17-18,23-24H,5-6,15-16H2,1-2H3/b4-3+/t17-,18-/m1/s1. The minimum atomic E-state index is -0.619. The molecule has 2 N–H and O–H groups in total. The molecule has 0 spiro atoms. The molecule has 0 aliphatic heterocycles. The lowest BCUT2D eigenvalue weighted by Gasteiger charge is -2.12. The Kier molecular flexibility index (Phi) is 9.18. The van der Waals surface area contributed by atoms with Crippen molar-refractivity contribution in [3.63, 3.8) is 0 Å². The third-order valence-electron chi connectivity index (χ3n) is 3.99. The first-order chi connectivity index (χ1) is 13.6. The topological polar surface area (TPSA) is 77.4 Å². The first-order valence-corrected chi connectivity index (χ1v) is 9.15. The fraction of sp³-hybridized carbons (Fsp3) is 0.364. The van der Waals surface area contributed by atoms with Crippen LogP contribution < -0.4 is 18.9 Å². The van der Waals surface area contributed by atoms with E-state index in [1.54, 1.807) is 62.8 Å². The van der Waals surface area contributed by atoms with E-state index in [4.69, 9.17) is 18.9 Å². The van der Waals surface area contributed by atoms with Gasteiger partial charge in [-0.2, -0.15) is 0 Å². The number of benzene rings is 2. The van der Waals surface area contributed by atoms with Crippen LogP contribution in [0.4, 0.5) is 0 Å². The molecule has 0 unspecified atom stereocenters. The summed E-state index contributed by atoms with van der Waals surface area (Å²) in [6.07, 6.45) is 3.32. The molecule has 2 aromatic rings. The van der Waals surface area contributed by atoms with Crippen LogP contribution in [0.1, 0.15) is 12.8 Å². The van der Waals surface area contributed by atoms with E-state index >= 15 is 0 Å². The minimum Gasteiger partial charge on any atom is -0.497 e. The van der Waals surface area contributed by atoms with Gasteiger partial charge in [-0.1, -0.05) is 12.2 Å². The predicted octanol–water partition coefficient (Wildman–Crippen LogP) is 3.22. The zero-order chi connectivity index (χ0) is 20.2. The average molecular weight is 388 g/mol. The molecular weight excluding hydrogens is 360 g/mol. The van der Waals surface area contributed by atoms with Crippen molar-refractivity contribution in [2.45, 2.75) is 25.0 Å². The summed E-state index contributed by atoms with van der Waals surface area (Å²) >= 11 is 0. The molecule has 0 aromatic heterocycles. The van der Waals surface area contributed by atoms with Gasteiger partial charge >= 0.3 is 0 Å². The molecule has 0 amide bonds. The van der Waals surface area contributed by atoms with Crippen LogP contribution in [-0.4, -0.2) is 49.9 Å². The fourth-order valence-corrected chi connectivity index (χ4v) is 2.37. The number of hydrogen-bond acceptors (Lipinski definition) is 6. The second-order valence-electron chi connectivity index (χ2n) is 6.22. The first-order valence-electron chi connectivity index (χ1n) is 9.15. The van der Waals surface area contributed by atoms with Crippen LogP contribution in [0.2, 0.25) is 0 Å². The number of hydrogen-bond donors (Lipinski definition) is 2. The molecule has 2 rings (SSSR count). The fourth-order valence-electron chi connectivity index (χ4n) is 2.37. The highest BCUT2D eigenvalue weighted by Gasteiger charge is 2.06. The van der Waals surface area contributed by atoms with Crippen LogP contribution in [0.5, 0.6) is 23.0 Å². The second-order valence-corrected chi connectivity index (χ2v) is 6.22. The third kappa shape index (κ3) is 7.90. The summed E-state index contributed by atoms with van der Waals surface area (Å²) in [7, 11) is 3.21. The highest BCUT2D eigenvalue weighted by molar-refractivity contribution is 5.31. The molecule has 0 fully saturated rings. The normalized spacial score (nSPS) is 13.1. The Morgan fingerprint density at radius 2 is 0.964 bits per heavy atom. The molecule has 0 heterocycles. The maximum absolute atomic E-state index is 9.97. The molecule has 28 heavy (non-hydrogen) atoms. The lowest BCUT2D eigenvalue weighted by molar-refractivity contribution is 0.106. The maximum Gasteiger partial charge on any atom is 0.119 e. The second kappa shape index (κ2) is 11.9. The highest BCUT2D eigenvalue weighted by Crippen LogP contribution is 2.18. The molecule has 0 saturated carbocycles. The summed E-state index contributed by atoms with van der Waals surface area (Å²) in [5.74, 6) is 2.86. The summed E-state index contributed by atoms with van der Waals surface area (Å²) in [6, 6.07) is 14.4. The van der Waals surface area contributed by atoms with Gasteiger partial charge in [-0.15, -0.1) is 0 Å². The van der Waals surface area contributed by atoms with Gasteiger partial charge in [0.05, 0.1) is 26.4 Å². The Bertz CT molecular complexity index is 634. The van der Waals surface area contributed by atoms with Gasteiger partial charge in [0.1, 0.15) is 36.2 Å². The van der Waals surface area contributed by atoms with Crippen LogP contribution in [0, 0.1) is 0 Å². The summed E-state index contributed by atoms with van der Waals surface area (Å²) in [5.41, 5.74) is 0. The summed E-state index contributed by atoms with van der Waals surface area (Å²) in [5, 5.41) is 19.9. The zero-order valence-corrected chi connectivity index (χ0v) is 16.3. The number of ether oxygens (including phenoxy) is 4. The third-order valence-corrected chi connectivity index (χ3v) is 3.99.